The Morgan fingerprint density at radius 3 is 2.48 bits per heavy atom. The molecule has 3 heteroatoms. The average Bonchev–Trinajstić information content (AvgIpc) is 2.57. The molecule has 0 spiro atoms. The van der Waals surface area contributed by atoms with Crippen molar-refractivity contribution < 1.29 is 9.47 Å². The van der Waals surface area contributed by atoms with Crippen LogP contribution in [0.5, 0.6) is 11.5 Å². The van der Waals surface area contributed by atoms with Crippen molar-refractivity contribution in [2.45, 2.75) is 46.0 Å². The van der Waals surface area contributed by atoms with Crippen LogP contribution in [0.1, 0.15) is 45.1 Å². The first-order valence-corrected chi connectivity index (χ1v) is 9.20. The van der Waals surface area contributed by atoms with Gasteiger partial charge in [0.05, 0.1) is 13.2 Å². The predicted octanol–water partition coefficient (Wildman–Crippen LogP) is 5.98. The van der Waals surface area contributed by atoms with E-state index in [1.54, 1.807) is 0 Å². The zero-order valence-corrected chi connectivity index (χ0v) is 15.0. The molecule has 0 fully saturated rings. The molecule has 2 aromatic rings. The van der Waals surface area contributed by atoms with Crippen molar-refractivity contribution in [2.75, 3.05) is 19.1 Å². The van der Waals surface area contributed by atoms with Gasteiger partial charge in [0.25, 0.3) is 0 Å². The molecule has 2 rings (SSSR count). The second kappa shape index (κ2) is 9.67. The smallest absolute Gasteiger partial charge is 0.123 e. The number of aryl methyl sites for hydroxylation is 1. The lowest BCUT2D eigenvalue weighted by Crippen LogP contribution is -2.01. The number of hydrogen-bond acceptors (Lipinski definition) is 2. The predicted molar refractivity (Wildman–Crippen MR) is 99.2 cm³/mol. The first-order valence-electron chi connectivity index (χ1n) is 8.67. The molecule has 0 saturated carbocycles. The first kappa shape index (κ1) is 17.9. The summed E-state index contributed by atoms with van der Waals surface area (Å²) in [6.07, 6.45) is 5.51. The maximum atomic E-state index is 6.03. The highest BCUT2D eigenvalue weighted by molar-refractivity contribution is 6.17. The molecule has 0 aromatic heterocycles. The highest BCUT2D eigenvalue weighted by atomic mass is 35.5. The summed E-state index contributed by atoms with van der Waals surface area (Å²) in [7, 11) is 0. The average molecular weight is 335 g/mol. The van der Waals surface area contributed by atoms with E-state index in [0.29, 0.717) is 6.61 Å². The summed E-state index contributed by atoms with van der Waals surface area (Å²) < 4.78 is 11.6. The third-order valence-electron chi connectivity index (χ3n) is 4.01. The molecule has 0 aliphatic carbocycles. The third kappa shape index (κ3) is 5.04. The highest BCUT2D eigenvalue weighted by Crippen LogP contribution is 2.31. The van der Waals surface area contributed by atoms with Gasteiger partial charge in [0.15, 0.2) is 0 Å². The Morgan fingerprint density at radius 1 is 0.913 bits per heavy atom. The molecule has 0 N–H and O–H groups in total. The van der Waals surface area contributed by atoms with E-state index < -0.39 is 0 Å². The number of benzene rings is 2. The molecule has 0 aliphatic rings. The van der Waals surface area contributed by atoms with Crippen molar-refractivity contribution in [3.8, 4) is 11.5 Å². The fraction of sp³-hybridized carbons (Fsp3) is 0.500. The fourth-order valence-electron chi connectivity index (χ4n) is 2.84. The molecule has 2 nitrogen and oxygen atoms in total. The highest BCUT2D eigenvalue weighted by Gasteiger charge is 2.08. The van der Waals surface area contributed by atoms with Gasteiger partial charge in [-0.3, -0.25) is 0 Å². The summed E-state index contributed by atoms with van der Waals surface area (Å²) in [5, 5.41) is 2.47. The van der Waals surface area contributed by atoms with E-state index >= 15 is 0 Å². The van der Waals surface area contributed by atoms with Gasteiger partial charge in [0.2, 0.25) is 0 Å². The minimum atomic E-state index is 0.692. The van der Waals surface area contributed by atoms with E-state index in [2.05, 4.69) is 31.2 Å². The Kier molecular flexibility index (Phi) is 7.54. The second-order valence-electron chi connectivity index (χ2n) is 5.66. The lowest BCUT2D eigenvalue weighted by Gasteiger charge is -2.14. The summed E-state index contributed by atoms with van der Waals surface area (Å²) in [4.78, 5) is 0. The van der Waals surface area contributed by atoms with Gasteiger partial charge in [-0.15, -0.1) is 11.6 Å². The van der Waals surface area contributed by atoms with Gasteiger partial charge in [-0.05, 0) is 55.2 Å². The van der Waals surface area contributed by atoms with E-state index in [4.69, 9.17) is 21.1 Å². The number of halogens is 1. The fourth-order valence-corrected chi connectivity index (χ4v) is 3.03. The zero-order chi connectivity index (χ0) is 16.5. The van der Waals surface area contributed by atoms with E-state index in [0.717, 1.165) is 43.2 Å². The quantitative estimate of drug-likeness (QED) is 0.393. The minimum absolute atomic E-state index is 0.692. The Balaban J connectivity index is 2.06. The minimum Gasteiger partial charge on any atom is -0.494 e. The molecule has 0 bridgehead atoms. The maximum absolute atomic E-state index is 6.03. The third-order valence-corrected chi connectivity index (χ3v) is 4.28. The van der Waals surface area contributed by atoms with Crippen LogP contribution in [0.4, 0.5) is 0 Å². The van der Waals surface area contributed by atoms with Gasteiger partial charge in [0, 0.05) is 11.4 Å². The number of hydrogen-bond donors (Lipinski definition) is 0. The van der Waals surface area contributed by atoms with Crippen molar-refractivity contribution in [1.29, 1.82) is 0 Å². The molecule has 0 atom stereocenters. The summed E-state index contributed by atoms with van der Waals surface area (Å²) in [6, 6.07) is 10.5. The zero-order valence-electron chi connectivity index (χ0n) is 14.2. The Morgan fingerprint density at radius 2 is 1.74 bits per heavy atom. The standard InChI is InChI=1S/C20H27ClO2/c1-3-18-19-11-10-17(22-4-2)15-16(19)9-12-20(18)23-14-8-6-5-7-13-21/h9-12,15H,3-8,13-14H2,1-2H3. The van der Waals surface area contributed by atoms with E-state index in [9.17, 15) is 0 Å². The summed E-state index contributed by atoms with van der Waals surface area (Å²) in [5.41, 5.74) is 1.28. The molecule has 23 heavy (non-hydrogen) atoms. The normalized spacial score (nSPS) is 10.9. The van der Waals surface area contributed by atoms with Crippen molar-refractivity contribution >= 4 is 22.4 Å². The van der Waals surface area contributed by atoms with Crippen LogP contribution in [-0.2, 0) is 6.42 Å². The number of alkyl halides is 1. The van der Waals surface area contributed by atoms with Gasteiger partial charge in [-0.1, -0.05) is 31.9 Å². The van der Waals surface area contributed by atoms with E-state index in [1.165, 1.54) is 29.2 Å². The molecule has 0 saturated heterocycles. The van der Waals surface area contributed by atoms with Crippen LogP contribution in [0.2, 0.25) is 0 Å². The number of rotatable bonds is 10. The summed E-state index contributed by atoms with van der Waals surface area (Å²) >= 11 is 5.70. The van der Waals surface area contributed by atoms with Crippen LogP contribution in [0, 0.1) is 0 Å². The number of fused-ring (bicyclic) bond motifs is 1. The monoisotopic (exact) mass is 334 g/mol. The van der Waals surface area contributed by atoms with Gasteiger partial charge in [0.1, 0.15) is 11.5 Å². The molecular weight excluding hydrogens is 308 g/mol. The lowest BCUT2D eigenvalue weighted by atomic mass is 10.0. The van der Waals surface area contributed by atoms with Crippen LogP contribution in [0.3, 0.4) is 0 Å². The van der Waals surface area contributed by atoms with Gasteiger partial charge in [-0.25, -0.2) is 0 Å². The summed E-state index contributed by atoms with van der Waals surface area (Å²) in [6.45, 7) is 5.65. The van der Waals surface area contributed by atoms with E-state index in [1.807, 2.05) is 13.0 Å². The van der Waals surface area contributed by atoms with Crippen molar-refractivity contribution in [3.63, 3.8) is 0 Å². The van der Waals surface area contributed by atoms with Crippen molar-refractivity contribution in [1.82, 2.24) is 0 Å². The molecule has 0 unspecified atom stereocenters. The van der Waals surface area contributed by atoms with E-state index in [-0.39, 0.29) is 0 Å². The van der Waals surface area contributed by atoms with Crippen LogP contribution < -0.4 is 9.47 Å². The number of ether oxygens (including phenoxy) is 2. The van der Waals surface area contributed by atoms with Crippen LogP contribution >= 0.6 is 11.6 Å². The molecular formula is C20H27ClO2. The largest absolute Gasteiger partial charge is 0.494 e. The van der Waals surface area contributed by atoms with Gasteiger partial charge < -0.3 is 9.47 Å². The van der Waals surface area contributed by atoms with Crippen LogP contribution in [0.15, 0.2) is 30.3 Å². The topological polar surface area (TPSA) is 18.5 Å². The second-order valence-corrected chi connectivity index (χ2v) is 6.04. The van der Waals surface area contributed by atoms with Crippen molar-refractivity contribution in [2.24, 2.45) is 0 Å². The molecule has 2 aromatic carbocycles. The Bertz CT molecular complexity index is 610. The van der Waals surface area contributed by atoms with Crippen LogP contribution in [-0.4, -0.2) is 19.1 Å². The molecule has 0 radical (unpaired) electrons. The SMILES string of the molecule is CCOc1ccc2c(CC)c(OCCCCCCCl)ccc2c1. The maximum Gasteiger partial charge on any atom is 0.123 e. The lowest BCUT2D eigenvalue weighted by molar-refractivity contribution is 0.303. The first-order chi connectivity index (χ1) is 11.3. The van der Waals surface area contributed by atoms with Gasteiger partial charge >= 0.3 is 0 Å². The Labute approximate surface area is 144 Å². The molecule has 0 aliphatic heterocycles. The molecule has 126 valence electrons. The molecule has 0 heterocycles. The van der Waals surface area contributed by atoms with Crippen LogP contribution in [0.25, 0.3) is 10.8 Å². The summed E-state index contributed by atoms with van der Waals surface area (Å²) in [5.74, 6) is 2.70. The Hall–Kier alpha value is -1.41. The number of unbranched alkanes of at least 4 members (excludes halogenated alkanes) is 3. The van der Waals surface area contributed by atoms with Crippen molar-refractivity contribution in [3.05, 3.63) is 35.9 Å². The molecule has 0 amide bonds. The van der Waals surface area contributed by atoms with Gasteiger partial charge in [-0.2, -0.15) is 0 Å².